The fourth-order valence-electron chi connectivity index (χ4n) is 17.4. The number of likely N-dealkylation sites (N-methyl/N-ethyl adjacent to an activating group) is 1. The van der Waals surface area contributed by atoms with Crippen LogP contribution in [0.2, 0.25) is 0 Å². The number of hydrogen-bond donors (Lipinski definition) is 24. The lowest BCUT2D eigenvalue weighted by Gasteiger charge is -2.36. The van der Waals surface area contributed by atoms with Gasteiger partial charge in [-0.1, -0.05) is 40.5 Å². The molecule has 0 aromatic heterocycles. The lowest BCUT2D eigenvalue weighted by molar-refractivity contribution is 0.115. The molecule has 0 unspecified atom stereocenters. The Bertz CT molecular complexity index is 1980. The van der Waals surface area contributed by atoms with Gasteiger partial charge < -0.3 is 145 Å². The molecule has 0 fully saturated rings. The zero-order valence-corrected chi connectivity index (χ0v) is 92.5. The van der Waals surface area contributed by atoms with Gasteiger partial charge in [0.05, 0.1) is 0 Å². The summed E-state index contributed by atoms with van der Waals surface area (Å²) in [7, 11) is 4.06. The molecule has 140 heavy (non-hydrogen) atoms. The number of hydrogen-bond acceptors (Lipinski definition) is 42. The van der Waals surface area contributed by atoms with Gasteiger partial charge in [0.2, 0.25) is 0 Å². The highest BCUT2D eigenvalue weighted by molar-refractivity contribution is 4.81. The molecule has 0 saturated carbocycles. The fourth-order valence-corrected chi connectivity index (χ4v) is 17.4. The Balaban J connectivity index is -0.00000291. The van der Waals surface area contributed by atoms with Crippen LogP contribution < -0.4 is 135 Å². The molecule has 0 aliphatic carbocycles. The Morgan fingerprint density at radius 2 is 0.250 bits per heavy atom. The second-order valence-corrected chi connectivity index (χ2v) is 37.7. The Hall–Kier alpha value is -1.68. The van der Waals surface area contributed by atoms with E-state index in [1.165, 1.54) is 84.0 Å². The molecular formula is C98H244N42. The summed E-state index contributed by atoms with van der Waals surface area (Å²) in [6, 6.07) is 0. The van der Waals surface area contributed by atoms with Crippen molar-refractivity contribution in [2.75, 3.05) is 551 Å². The minimum Gasteiger partial charge on any atom is -0.329 e. The molecule has 846 valence electrons. The monoisotopic (exact) mass is 2010 g/mol. The normalized spacial score (nSPS) is 12.4. The number of rotatable bonds is 113. The van der Waals surface area contributed by atoms with Gasteiger partial charge in [0.25, 0.3) is 0 Å². The first-order chi connectivity index (χ1) is 68.5. The minimum absolute atomic E-state index is 0.595. The summed E-state index contributed by atoms with van der Waals surface area (Å²) in [4.78, 5) is 45.6. The predicted molar refractivity (Wildman–Crippen MR) is 607 cm³/mol. The second kappa shape index (κ2) is 113. The van der Waals surface area contributed by atoms with Crippen LogP contribution in [0.15, 0.2) is 0 Å². The van der Waals surface area contributed by atoms with Crippen LogP contribution in [0.1, 0.15) is 91.9 Å². The molecular weight excluding hydrogens is 1770 g/mol. The van der Waals surface area contributed by atoms with Crippen LogP contribution in [0.5, 0.6) is 0 Å². The molecule has 0 spiro atoms. The molecule has 0 heterocycles. The smallest absolute Gasteiger partial charge is 0.0110 e. The molecule has 0 atom stereocenters. The third kappa shape index (κ3) is 91.3. The van der Waals surface area contributed by atoms with Crippen molar-refractivity contribution >= 4 is 0 Å². The quantitative estimate of drug-likeness (QED) is 0.0251. The Morgan fingerprint density at radius 3 is 0.414 bits per heavy atom. The molecule has 0 saturated heterocycles. The van der Waals surface area contributed by atoms with E-state index >= 15 is 0 Å². The summed E-state index contributed by atoms with van der Waals surface area (Å²) in [5.74, 6) is 0. The standard InChI is InChI=1S/C59H149N29.C25H62N10.C14H33N3/c1-2-18-75(19-3-60)34-42-83(43-35-76(20-4-61)21-5-62)50-54-87(55-51-84(44-36-77(22-6-63)23-7-64)45-37-78(24-8-65)25-9-66)58-59-88(56-52-85(46-38-79(26-10-67)27-11-68)47-39-80(28-12-69)29-13-70)57-53-86(48-40-81(30-14-71)31-15-72)49-41-82(32-16-73)33-17-74;1-4-9-30-12-18-33(16-8-28)21-23-35(19-13-31-10-6-26)25-24-34(17-11-29-3)22-20-32(14-5-2)15-7-27;1-3-10-16-12-8-5-9-14-17-13-7-4-6-11-15-2/h2-74H2,1H3;29-31H,4-28H2,1-3H3;15-17H,3-14H2,1-2H3. The van der Waals surface area contributed by atoms with E-state index in [4.69, 9.17) is 103 Å². The molecule has 42 heteroatoms. The molecule has 0 bridgehead atoms. The molecule has 0 amide bonds. The van der Waals surface area contributed by atoms with Gasteiger partial charge in [-0.05, 0) is 118 Å². The van der Waals surface area contributed by atoms with Gasteiger partial charge in [-0.25, -0.2) is 0 Å². The summed E-state index contributed by atoms with van der Waals surface area (Å²) in [6.07, 6.45) is 12.6. The van der Waals surface area contributed by atoms with Gasteiger partial charge in [-0.3, -0.25) is 78.4 Å². The van der Waals surface area contributed by atoms with Gasteiger partial charge in [-0.15, -0.1) is 0 Å². The molecule has 0 aromatic rings. The first-order valence-electron chi connectivity index (χ1n) is 56.3. The minimum atomic E-state index is 0.595. The maximum absolute atomic E-state index is 6.18. The van der Waals surface area contributed by atoms with Crippen molar-refractivity contribution in [3.8, 4) is 0 Å². The van der Waals surface area contributed by atoms with Gasteiger partial charge >= 0.3 is 0 Å². The molecule has 0 rings (SSSR count). The maximum atomic E-state index is 6.18. The van der Waals surface area contributed by atoms with Gasteiger partial charge in [0.15, 0.2) is 0 Å². The summed E-state index contributed by atoms with van der Waals surface area (Å²) in [5, 5.41) is 20.4. The topological polar surface area (TPSA) is 599 Å². The van der Waals surface area contributed by atoms with E-state index in [9.17, 15) is 0 Å². The van der Waals surface area contributed by atoms with Crippen LogP contribution in [-0.2, 0) is 0 Å². The molecule has 0 aliphatic heterocycles. The highest BCUT2D eigenvalue weighted by Crippen LogP contribution is 2.08. The van der Waals surface area contributed by atoms with Gasteiger partial charge in [0.1, 0.15) is 0 Å². The van der Waals surface area contributed by atoms with E-state index < -0.39 is 0 Å². The van der Waals surface area contributed by atoms with Crippen LogP contribution in [-0.4, -0.2) is 639 Å². The third-order valence-electron chi connectivity index (χ3n) is 25.9. The summed E-state index contributed by atoms with van der Waals surface area (Å²) in [5.41, 5.74) is 110. The Labute approximate surface area is 861 Å². The van der Waals surface area contributed by atoms with Crippen LogP contribution in [0.3, 0.4) is 0 Å². The second-order valence-electron chi connectivity index (χ2n) is 37.7. The Morgan fingerprint density at radius 1 is 0.114 bits per heavy atom. The van der Waals surface area contributed by atoms with E-state index in [0.29, 0.717) is 111 Å². The Kier molecular flexibility index (Phi) is 115. The van der Waals surface area contributed by atoms with Crippen molar-refractivity contribution in [2.24, 2.45) is 103 Å². The van der Waals surface area contributed by atoms with Crippen LogP contribution in [0, 0.1) is 0 Å². The first kappa shape index (κ1) is 142. The predicted octanol–water partition coefficient (Wildman–Crippen LogP) is -9.57. The average Bonchev–Trinajstić information content (AvgIpc) is 0.905. The van der Waals surface area contributed by atoms with E-state index in [1.54, 1.807) is 0 Å². The number of nitrogens with one attached hydrogen (secondary N) is 6. The number of nitrogens with two attached hydrogens (primary N) is 18. The van der Waals surface area contributed by atoms with E-state index in [-0.39, 0.29) is 0 Å². The zero-order chi connectivity index (χ0) is 104. The van der Waals surface area contributed by atoms with Gasteiger partial charge in [-0.2, -0.15) is 0 Å². The molecule has 42 nitrogen and oxygen atoms in total. The number of unbranched alkanes of at least 4 members (excludes halogenated alkanes) is 4. The van der Waals surface area contributed by atoms with Crippen molar-refractivity contribution in [2.45, 2.75) is 91.9 Å². The summed E-state index contributed by atoms with van der Waals surface area (Å²) >= 11 is 0. The fraction of sp³-hybridized carbons (Fsp3) is 1.00. The largest absolute Gasteiger partial charge is 0.329 e. The van der Waals surface area contributed by atoms with E-state index in [0.717, 1.165) is 406 Å². The molecule has 0 aliphatic rings. The SMILES string of the molecule is CCCN(CCN)CCN(CCN(CCN)CCN)CCN(CCN(CCN(CCN)CCN)CCN(CCN)CCN)CCN(CCN(CCN(CCN)CCN)CCN(CCN)CCN)CCN(CCN(CCN)CCN)CCN(CCN)CCN.CCCNCCCCCNCCCCCNC.CCCNCCN(CCN)CCN(CCNCCN)CCN(CCNC)CCN(CCC)CCN. The molecule has 0 radical (unpaired) electrons. The lowest BCUT2D eigenvalue weighted by Crippen LogP contribution is -2.50. The van der Waals surface area contributed by atoms with Gasteiger partial charge in [0, 0.05) is 484 Å². The summed E-state index contributed by atoms with van der Waals surface area (Å²) < 4.78 is 0. The highest BCUT2D eigenvalue weighted by atomic mass is 15.3. The summed E-state index contributed by atoms with van der Waals surface area (Å²) in [6.45, 7) is 80.7. The van der Waals surface area contributed by atoms with Crippen LogP contribution in [0.4, 0.5) is 0 Å². The van der Waals surface area contributed by atoms with Crippen molar-refractivity contribution in [3.63, 3.8) is 0 Å². The van der Waals surface area contributed by atoms with Crippen molar-refractivity contribution in [1.29, 1.82) is 0 Å². The maximum Gasteiger partial charge on any atom is 0.0110 e. The molecule has 0 aromatic carbocycles. The third-order valence-corrected chi connectivity index (χ3v) is 25.9. The lowest BCUT2D eigenvalue weighted by atomic mass is 10.2. The average molecular weight is 2010 g/mol. The van der Waals surface area contributed by atoms with Crippen molar-refractivity contribution < 1.29 is 0 Å². The van der Waals surface area contributed by atoms with E-state index in [1.807, 2.05) is 14.1 Å². The van der Waals surface area contributed by atoms with Crippen LogP contribution in [0.25, 0.3) is 0 Å². The highest BCUT2D eigenvalue weighted by Gasteiger charge is 2.23. The van der Waals surface area contributed by atoms with Crippen molar-refractivity contribution in [3.05, 3.63) is 0 Å². The molecule has 42 N–H and O–H groups in total. The number of nitrogens with zero attached hydrogens (tertiary/aromatic N) is 18. The first-order valence-corrected chi connectivity index (χ1v) is 56.3. The van der Waals surface area contributed by atoms with Crippen molar-refractivity contribution in [1.82, 2.24) is 120 Å². The zero-order valence-electron chi connectivity index (χ0n) is 92.5. The van der Waals surface area contributed by atoms with E-state index in [2.05, 4.69) is 148 Å². The van der Waals surface area contributed by atoms with Crippen LogP contribution >= 0.6 is 0 Å².